The molecule has 0 aliphatic rings. The summed E-state index contributed by atoms with van der Waals surface area (Å²) in [7, 11) is 2.04. The fourth-order valence-electron chi connectivity index (χ4n) is 2.27. The smallest absolute Gasteiger partial charge is 0.204 e. The van der Waals surface area contributed by atoms with Gasteiger partial charge in [-0.05, 0) is 25.1 Å². The lowest BCUT2D eigenvalue weighted by molar-refractivity contribution is -0.673. The summed E-state index contributed by atoms with van der Waals surface area (Å²) in [6.45, 7) is 2.00. The Morgan fingerprint density at radius 3 is 2.63 bits per heavy atom. The van der Waals surface area contributed by atoms with E-state index in [-0.39, 0.29) is 0 Å². The molecule has 0 fully saturated rings. The van der Waals surface area contributed by atoms with Gasteiger partial charge in [0.1, 0.15) is 18.4 Å². The molecule has 0 radical (unpaired) electrons. The second-order valence-electron chi connectivity index (χ2n) is 4.64. The lowest BCUT2D eigenvalue weighted by Crippen LogP contribution is -2.30. The molecule has 0 amide bonds. The van der Waals surface area contributed by atoms with Crippen molar-refractivity contribution < 1.29 is 8.98 Å². The number of aromatic nitrogens is 1. The van der Waals surface area contributed by atoms with Crippen LogP contribution < -0.4 is 4.57 Å². The number of aryl methyl sites for hydroxylation is 2. The number of hydrogen-bond donors (Lipinski definition) is 0. The van der Waals surface area contributed by atoms with Crippen LogP contribution >= 0.6 is 0 Å². The Bertz CT molecular complexity index is 753. The highest BCUT2D eigenvalue weighted by atomic mass is 16.3. The molecule has 0 atom stereocenters. The Morgan fingerprint density at radius 1 is 1.00 bits per heavy atom. The minimum atomic E-state index is 0.942. The summed E-state index contributed by atoms with van der Waals surface area (Å²) in [6.07, 6.45) is 6.28. The van der Waals surface area contributed by atoms with Gasteiger partial charge < -0.3 is 4.42 Å². The highest BCUT2D eigenvalue weighted by Gasteiger charge is 2.08. The Hall–Kier alpha value is -2.35. The van der Waals surface area contributed by atoms with E-state index in [1.54, 1.807) is 0 Å². The molecule has 0 bridgehead atoms. The number of nitrogens with zero attached hydrogens (tertiary/aromatic N) is 1. The number of para-hydroxylation sites is 1. The Kier molecular flexibility index (Phi) is 2.92. The van der Waals surface area contributed by atoms with Gasteiger partial charge in [-0.2, -0.15) is 0 Å². The number of hydrogen-bond acceptors (Lipinski definition) is 1. The van der Waals surface area contributed by atoms with Crippen LogP contribution in [0.3, 0.4) is 0 Å². The van der Waals surface area contributed by atoms with Crippen molar-refractivity contribution in [3.63, 3.8) is 0 Å². The third-order valence-corrected chi connectivity index (χ3v) is 3.34. The van der Waals surface area contributed by atoms with Crippen LogP contribution in [0.25, 0.3) is 23.1 Å². The molecule has 3 aromatic rings. The maximum atomic E-state index is 5.76. The number of pyridine rings is 1. The summed E-state index contributed by atoms with van der Waals surface area (Å²) in [6, 6.07) is 14.3. The largest absolute Gasteiger partial charge is 0.461 e. The fourth-order valence-corrected chi connectivity index (χ4v) is 2.27. The third-order valence-electron chi connectivity index (χ3n) is 3.34. The van der Waals surface area contributed by atoms with E-state index in [4.69, 9.17) is 4.42 Å². The quantitative estimate of drug-likeness (QED) is 0.633. The van der Waals surface area contributed by atoms with Crippen molar-refractivity contribution in [2.75, 3.05) is 0 Å². The molecule has 0 spiro atoms. The van der Waals surface area contributed by atoms with Crippen LogP contribution in [0.4, 0.5) is 0 Å². The first-order valence-corrected chi connectivity index (χ1v) is 6.36. The first-order valence-electron chi connectivity index (χ1n) is 6.36. The zero-order valence-electron chi connectivity index (χ0n) is 11.1. The van der Waals surface area contributed by atoms with Gasteiger partial charge in [0.25, 0.3) is 0 Å². The summed E-state index contributed by atoms with van der Waals surface area (Å²) in [4.78, 5) is 0. The minimum Gasteiger partial charge on any atom is -0.461 e. The molecule has 0 aliphatic carbocycles. The van der Waals surface area contributed by atoms with Crippen LogP contribution in [0.2, 0.25) is 0 Å². The van der Waals surface area contributed by atoms with Gasteiger partial charge in [0.2, 0.25) is 5.69 Å². The molecular formula is C17H16NO+. The highest BCUT2D eigenvalue weighted by Crippen LogP contribution is 2.26. The van der Waals surface area contributed by atoms with Gasteiger partial charge in [-0.15, -0.1) is 0 Å². The van der Waals surface area contributed by atoms with Crippen molar-refractivity contribution >= 4 is 23.1 Å². The van der Waals surface area contributed by atoms with E-state index in [1.807, 2.05) is 50.5 Å². The van der Waals surface area contributed by atoms with Gasteiger partial charge in [0.15, 0.2) is 6.20 Å². The van der Waals surface area contributed by atoms with E-state index in [2.05, 4.69) is 28.9 Å². The monoisotopic (exact) mass is 250 g/mol. The van der Waals surface area contributed by atoms with Crippen LogP contribution in [0.5, 0.6) is 0 Å². The molecule has 2 aromatic heterocycles. The van der Waals surface area contributed by atoms with Crippen LogP contribution in [-0.4, -0.2) is 0 Å². The molecule has 0 saturated heterocycles. The summed E-state index contributed by atoms with van der Waals surface area (Å²) < 4.78 is 7.85. The van der Waals surface area contributed by atoms with Crippen LogP contribution in [0.1, 0.15) is 17.0 Å². The third kappa shape index (κ3) is 2.17. The second kappa shape index (κ2) is 4.73. The summed E-state index contributed by atoms with van der Waals surface area (Å²) in [5.41, 5.74) is 3.25. The number of furan rings is 1. The summed E-state index contributed by atoms with van der Waals surface area (Å²) >= 11 is 0. The fraction of sp³-hybridized carbons (Fsp3) is 0.118. The van der Waals surface area contributed by atoms with Gasteiger partial charge in [0, 0.05) is 29.2 Å². The van der Waals surface area contributed by atoms with E-state index in [0.717, 1.165) is 28.0 Å². The van der Waals surface area contributed by atoms with E-state index in [0.29, 0.717) is 0 Å². The maximum Gasteiger partial charge on any atom is 0.204 e. The van der Waals surface area contributed by atoms with Crippen molar-refractivity contribution in [1.29, 1.82) is 0 Å². The van der Waals surface area contributed by atoms with Gasteiger partial charge in [-0.1, -0.05) is 18.2 Å². The predicted molar refractivity (Wildman–Crippen MR) is 77.5 cm³/mol. The topological polar surface area (TPSA) is 17.0 Å². The Labute approximate surface area is 112 Å². The molecule has 19 heavy (non-hydrogen) atoms. The molecular weight excluding hydrogens is 234 g/mol. The number of benzene rings is 1. The zero-order chi connectivity index (χ0) is 13.2. The Morgan fingerprint density at radius 2 is 1.79 bits per heavy atom. The number of fused-ring (bicyclic) bond motifs is 1. The van der Waals surface area contributed by atoms with Crippen molar-refractivity contribution in [1.82, 2.24) is 0 Å². The second-order valence-corrected chi connectivity index (χ2v) is 4.64. The van der Waals surface area contributed by atoms with Crippen molar-refractivity contribution in [2.45, 2.75) is 6.92 Å². The highest BCUT2D eigenvalue weighted by molar-refractivity contribution is 5.90. The predicted octanol–water partition coefficient (Wildman–Crippen LogP) is 3.74. The van der Waals surface area contributed by atoms with Crippen molar-refractivity contribution in [3.8, 4) is 0 Å². The molecule has 94 valence electrons. The Balaban J connectivity index is 2.06. The molecule has 2 nitrogen and oxygen atoms in total. The molecule has 1 aromatic carbocycles. The zero-order valence-corrected chi connectivity index (χ0v) is 11.1. The standard InChI is InChI=1S/C17H16NO/c1-13-15(16-8-3-4-9-17(16)19-13)11-10-14-7-5-6-12-18(14)2/h3-12H,1-2H3/q+1/b11-10+. The normalized spacial score (nSPS) is 11.5. The SMILES string of the molecule is Cc1oc2ccccc2c1/C=C/c1cccc[n+]1C. The molecule has 0 N–H and O–H groups in total. The van der Waals surface area contributed by atoms with Crippen LogP contribution in [0, 0.1) is 6.92 Å². The van der Waals surface area contributed by atoms with Crippen molar-refractivity contribution in [2.24, 2.45) is 7.05 Å². The number of rotatable bonds is 2. The molecule has 0 aliphatic heterocycles. The molecule has 2 heterocycles. The first kappa shape index (κ1) is 11.7. The van der Waals surface area contributed by atoms with Gasteiger partial charge in [-0.25, -0.2) is 4.57 Å². The molecule has 0 unspecified atom stereocenters. The summed E-state index contributed by atoms with van der Waals surface area (Å²) in [5, 5.41) is 1.16. The lowest BCUT2D eigenvalue weighted by atomic mass is 10.1. The van der Waals surface area contributed by atoms with Gasteiger partial charge in [0.05, 0.1) is 0 Å². The lowest BCUT2D eigenvalue weighted by Gasteiger charge is -1.93. The maximum absolute atomic E-state index is 5.76. The average Bonchev–Trinajstić information content (AvgIpc) is 2.74. The van der Waals surface area contributed by atoms with E-state index >= 15 is 0 Å². The van der Waals surface area contributed by atoms with Crippen LogP contribution in [0.15, 0.2) is 53.1 Å². The van der Waals surface area contributed by atoms with Gasteiger partial charge >= 0.3 is 0 Å². The van der Waals surface area contributed by atoms with Crippen molar-refractivity contribution in [3.05, 3.63) is 65.7 Å². The molecule has 3 rings (SSSR count). The first-order chi connectivity index (χ1) is 9.25. The minimum absolute atomic E-state index is 0.942. The average molecular weight is 250 g/mol. The van der Waals surface area contributed by atoms with E-state index < -0.39 is 0 Å². The van der Waals surface area contributed by atoms with Crippen LogP contribution in [-0.2, 0) is 7.05 Å². The molecule has 2 heteroatoms. The van der Waals surface area contributed by atoms with Gasteiger partial charge in [-0.3, -0.25) is 0 Å². The summed E-state index contributed by atoms with van der Waals surface area (Å²) in [5.74, 6) is 0.955. The van der Waals surface area contributed by atoms with E-state index in [9.17, 15) is 0 Å². The van der Waals surface area contributed by atoms with E-state index in [1.165, 1.54) is 0 Å². The molecule has 0 saturated carbocycles.